The van der Waals surface area contributed by atoms with Gasteiger partial charge >= 0.3 is 0 Å². The van der Waals surface area contributed by atoms with Gasteiger partial charge in [0.25, 0.3) is 0 Å². The number of hydrogen-bond acceptors (Lipinski definition) is 3. The normalized spacial score (nSPS) is 17.4. The third kappa shape index (κ3) is 2.66. The largest absolute Gasteiger partial charge is 0.342 e. The number of carbonyl (C=O) groups is 1. The Bertz CT molecular complexity index is 380. The molecule has 0 unspecified atom stereocenters. The van der Waals surface area contributed by atoms with Crippen molar-refractivity contribution in [2.45, 2.75) is 32.2 Å². The van der Waals surface area contributed by atoms with Gasteiger partial charge in [0.05, 0.1) is 12.7 Å². The molecule has 17 heavy (non-hydrogen) atoms. The van der Waals surface area contributed by atoms with Crippen LogP contribution in [-0.2, 0) is 11.3 Å². The second-order valence-corrected chi connectivity index (χ2v) is 4.49. The number of likely N-dealkylation sites (tertiary alicyclic amines) is 1. The van der Waals surface area contributed by atoms with Crippen LogP contribution in [0.25, 0.3) is 0 Å². The Kier molecular flexibility index (Phi) is 3.78. The zero-order valence-electron chi connectivity index (χ0n) is 10.3. The van der Waals surface area contributed by atoms with Gasteiger partial charge in [0.15, 0.2) is 0 Å². The quantitative estimate of drug-likeness (QED) is 0.834. The van der Waals surface area contributed by atoms with Crippen LogP contribution >= 0.6 is 0 Å². The Balaban J connectivity index is 1.92. The van der Waals surface area contributed by atoms with E-state index in [4.69, 9.17) is 5.73 Å². The molecule has 1 aromatic heterocycles. The molecule has 0 aromatic carbocycles. The minimum absolute atomic E-state index is 0.0627. The van der Waals surface area contributed by atoms with E-state index in [0.717, 1.165) is 32.5 Å². The molecule has 1 aromatic rings. The number of aryl methyl sites for hydroxylation is 1. The monoisotopic (exact) mass is 236 g/mol. The minimum atomic E-state index is 0.0627. The zero-order valence-corrected chi connectivity index (χ0v) is 10.3. The van der Waals surface area contributed by atoms with Gasteiger partial charge in [0.1, 0.15) is 0 Å². The predicted molar refractivity (Wildman–Crippen MR) is 65.5 cm³/mol. The molecule has 2 N–H and O–H groups in total. The summed E-state index contributed by atoms with van der Waals surface area (Å²) in [5.41, 5.74) is 6.66. The lowest BCUT2D eigenvalue weighted by molar-refractivity contribution is -0.130. The molecule has 0 aliphatic carbocycles. The fourth-order valence-electron chi connectivity index (χ4n) is 2.35. The van der Waals surface area contributed by atoms with E-state index in [2.05, 4.69) is 18.2 Å². The molecule has 0 saturated carbocycles. The van der Waals surface area contributed by atoms with Gasteiger partial charge in [-0.25, -0.2) is 0 Å². The second kappa shape index (κ2) is 5.31. The van der Waals surface area contributed by atoms with E-state index in [0.29, 0.717) is 5.92 Å². The molecule has 0 radical (unpaired) electrons. The van der Waals surface area contributed by atoms with E-state index in [-0.39, 0.29) is 12.5 Å². The van der Waals surface area contributed by atoms with Crippen LogP contribution in [0.15, 0.2) is 12.4 Å². The van der Waals surface area contributed by atoms with Gasteiger partial charge in [-0.05, 0) is 31.2 Å². The summed E-state index contributed by atoms with van der Waals surface area (Å²) in [6.45, 7) is 4.75. The van der Waals surface area contributed by atoms with E-state index < -0.39 is 0 Å². The smallest absolute Gasteiger partial charge is 0.236 e. The number of aromatic nitrogens is 2. The lowest BCUT2D eigenvalue weighted by atomic mass is 9.91. The molecule has 1 aliphatic rings. The number of hydrogen-bond donors (Lipinski definition) is 1. The zero-order chi connectivity index (χ0) is 12.3. The Hall–Kier alpha value is -1.36. The minimum Gasteiger partial charge on any atom is -0.342 e. The van der Waals surface area contributed by atoms with Crippen molar-refractivity contribution in [3.8, 4) is 0 Å². The Morgan fingerprint density at radius 1 is 1.53 bits per heavy atom. The van der Waals surface area contributed by atoms with Gasteiger partial charge in [-0.15, -0.1) is 0 Å². The number of nitrogens with two attached hydrogens (primary N) is 1. The molecule has 5 nitrogen and oxygen atoms in total. The maximum absolute atomic E-state index is 11.4. The predicted octanol–water partition coefficient (Wildman–Crippen LogP) is 0.568. The van der Waals surface area contributed by atoms with Crippen LogP contribution in [0.3, 0.4) is 0 Å². The number of rotatable bonds is 3. The van der Waals surface area contributed by atoms with Gasteiger partial charge in [0, 0.05) is 25.8 Å². The number of nitrogens with zero attached hydrogens (tertiary/aromatic N) is 3. The van der Waals surface area contributed by atoms with Gasteiger partial charge < -0.3 is 10.6 Å². The fourth-order valence-corrected chi connectivity index (χ4v) is 2.35. The lowest BCUT2D eigenvalue weighted by Crippen LogP contribution is -2.41. The molecule has 0 atom stereocenters. The van der Waals surface area contributed by atoms with E-state index in [9.17, 15) is 4.79 Å². The van der Waals surface area contributed by atoms with Crippen molar-refractivity contribution in [3.63, 3.8) is 0 Å². The molecule has 0 bridgehead atoms. The van der Waals surface area contributed by atoms with Crippen molar-refractivity contribution in [1.82, 2.24) is 14.7 Å². The van der Waals surface area contributed by atoms with E-state index in [1.807, 2.05) is 15.8 Å². The molecule has 2 rings (SSSR count). The van der Waals surface area contributed by atoms with E-state index in [1.54, 1.807) is 0 Å². The Labute approximate surface area is 102 Å². The molecule has 94 valence electrons. The van der Waals surface area contributed by atoms with Crippen molar-refractivity contribution in [2.75, 3.05) is 19.6 Å². The highest BCUT2D eigenvalue weighted by Gasteiger charge is 2.23. The Morgan fingerprint density at radius 2 is 2.24 bits per heavy atom. The SMILES string of the molecule is CCn1cc(C2CCN(C(=O)CN)CC2)cn1. The maximum Gasteiger partial charge on any atom is 0.236 e. The van der Waals surface area contributed by atoms with Crippen LogP contribution in [0.5, 0.6) is 0 Å². The maximum atomic E-state index is 11.4. The summed E-state index contributed by atoms with van der Waals surface area (Å²) in [6.07, 6.45) is 6.10. The summed E-state index contributed by atoms with van der Waals surface area (Å²) >= 11 is 0. The summed E-state index contributed by atoms with van der Waals surface area (Å²) in [7, 11) is 0. The van der Waals surface area contributed by atoms with Gasteiger partial charge in [0.2, 0.25) is 5.91 Å². The summed E-state index contributed by atoms with van der Waals surface area (Å²) in [5.74, 6) is 0.602. The third-order valence-electron chi connectivity index (χ3n) is 3.47. The average molecular weight is 236 g/mol. The molecular formula is C12H20N4O. The molecule has 5 heteroatoms. The fraction of sp³-hybridized carbons (Fsp3) is 0.667. The highest BCUT2D eigenvalue weighted by molar-refractivity contribution is 5.78. The second-order valence-electron chi connectivity index (χ2n) is 4.49. The van der Waals surface area contributed by atoms with E-state index >= 15 is 0 Å². The topological polar surface area (TPSA) is 64.2 Å². The van der Waals surface area contributed by atoms with Gasteiger partial charge in [-0.1, -0.05) is 0 Å². The molecule has 2 heterocycles. The number of amides is 1. The van der Waals surface area contributed by atoms with Gasteiger partial charge in [-0.2, -0.15) is 5.10 Å². The van der Waals surface area contributed by atoms with Crippen LogP contribution in [0, 0.1) is 0 Å². The first-order valence-corrected chi connectivity index (χ1v) is 6.24. The highest BCUT2D eigenvalue weighted by atomic mass is 16.2. The standard InChI is InChI=1S/C12H20N4O/c1-2-16-9-11(8-14-16)10-3-5-15(6-4-10)12(17)7-13/h8-10H,2-7,13H2,1H3. The van der Waals surface area contributed by atoms with Crippen molar-refractivity contribution in [3.05, 3.63) is 18.0 Å². The third-order valence-corrected chi connectivity index (χ3v) is 3.47. The average Bonchev–Trinajstić information content (AvgIpc) is 2.87. The van der Waals surface area contributed by atoms with Crippen LogP contribution in [-0.4, -0.2) is 40.2 Å². The highest BCUT2D eigenvalue weighted by Crippen LogP contribution is 2.27. The van der Waals surface area contributed by atoms with Crippen molar-refractivity contribution < 1.29 is 4.79 Å². The van der Waals surface area contributed by atoms with Crippen molar-refractivity contribution in [2.24, 2.45) is 5.73 Å². The van der Waals surface area contributed by atoms with Crippen LogP contribution in [0.4, 0.5) is 0 Å². The lowest BCUT2D eigenvalue weighted by Gasteiger charge is -2.31. The first kappa shape index (κ1) is 12.1. The molecule has 0 spiro atoms. The Morgan fingerprint density at radius 3 is 2.76 bits per heavy atom. The summed E-state index contributed by atoms with van der Waals surface area (Å²) in [4.78, 5) is 13.3. The van der Waals surface area contributed by atoms with Crippen molar-refractivity contribution >= 4 is 5.91 Å². The molecular weight excluding hydrogens is 216 g/mol. The van der Waals surface area contributed by atoms with Crippen LogP contribution < -0.4 is 5.73 Å². The number of carbonyl (C=O) groups excluding carboxylic acids is 1. The van der Waals surface area contributed by atoms with Gasteiger partial charge in [-0.3, -0.25) is 9.48 Å². The molecule has 1 aliphatic heterocycles. The molecule has 1 fully saturated rings. The summed E-state index contributed by atoms with van der Waals surface area (Å²) in [5, 5.41) is 4.30. The molecule has 1 saturated heterocycles. The summed E-state index contributed by atoms with van der Waals surface area (Å²) in [6, 6.07) is 0. The van der Waals surface area contributed by atoms with Crippen molar-refractivity contribution in [1.29, 1.82) is 0 Å². The first-order valence-electron chi connectivity index (χ1n) is 6.24. The molecule has 1 amide bonds. The first-order chi connectivity index (χ1) is 8.24. The van der Waals surface area contributed by atoms with Crippen LogP contribution in [0.1, 0.15) is 31.2 Å². The summed E-state index contributed by atoms with van der Waals surface area (Å²) < 4.78 is 1.95. The van der Waals surface area contributed by atoms with Crippen LogP contribution in [0.2, 0.25) is 0 Å². The van der Waals surface area contributed by atoms with E-state index in [1.165, 1.54) is 5.56 Å². The number of piperidine rings is 1.